The van der Waals surface area contributed by atoms with Gasteiger partial charge in [0, 0.05) is 43.8 Å². The van der Waals surface area contributed by atoms with Crippen LogP contribution < -0.4 is 0 Å². The van der Waals surface area contributed by atoms with Crippen LogP contribution in [0, 0.1) is 5.82 Å². The summed E-state index contributed by atoms with van der Waals surface area (Å²) < 4.78 is 13.0. The Hall–Kier alpha value is -2.49. The van der Waals surface area contributed by atoms with Crippen LogP contribution in [0.2, 0.25) is 0 Å². The van der Waals surface area contributed by atoms with Gasteiger partial charge >= 0.3 is 0 Å². The summed E-state index contributed by atoms with van der Waals surface area (Å²) in [6, 6.07) is 9.30. The lowest BCUT2D eigenvalue weighted by Crippen LogP contribution is -2.09. The molecule has 1 aromatic carbocycles. The molecule has 102 valence electrons. The Morgan fingerprint density at radius 2 is 1.85 bits per heavy atom. The smallest absolute Gasteiger partial charge is 0.196 e. The Morgan fingerprint density at radius 1 is 1.15 bits per heavy atom. The van der Waals surface area contributed by atoms with Gasteiger partial charge in [0.2, 0.25) is 0 Å². The molecule has 2 rings (SSSR count). The molecule has 0 aliphatic heterocycles. The van der Waals surface area contributed by atoms with E-state index in [0.717, 1.165) is 0 Å². The van der Waals surface area contributed by atoms with Gasteiger partial charge in [0.05, 0.1) is 0 Å². The molecule has 0 aliphatic rings. The van der Waals surface area contributed by atoms with E-state index < -0.39 is 0 Å². The number of carbonyl (C=O) groups excluding carboxylic acids is 1. The molecule has 1 heterocycles. The molecule has 0 fully saturated rings. The number of hydrogen-bond acceptors (Lipinski definition) is 3. The van der Waals surface area contributed by atoms with Crippen LogP contribution in [0.15, 0.2) is 55.0 Å². The van der Waals surface area contributed by atoms with Gasteiger partial charge in [-0.15, -0.1) is 0 Å². The van der Waals surface area contributed by atoms with Crippen molar-refractivity contribution >= 4 is 11.4 Å². The first kappa shape index (κ1) is 13.9. The summed E-state index contributed by atoms with van der Waals surface area (Å²) >= 11 is 0. The number of hydrogen-bond donors (Lipinski definition) is 0. The van der Waals surface area contributed by atoms with Crippen LogP contribution in [-0.4, -0.2) is 29.8 Å². The molecule has 0 saturated heterocycles. The van der Waals surface area contributed by atoms with Crippen molar-refractivity contribution in [3.05, 3.63) is 71.9 Å². The standard InChI is InChI=1S/C16H15FN2O/c1-19(2)11-15(12-5-7-14(17)8-6-12)16(20)13-4-3-9-18-10-13/h3-11H,1-2H3/b15-11-. The highest BCUT2D eigenvalue weighted by Gasteiger charge is 2.15. The lowest BCUT2D eigenvalue weighted by atomic mass is 9.98. The third-order valence-electron chi connectivity index (χ3n) is 2.71. The van der Waals surface area contributed by atoms with Crippen LogP contribution in [0.5, 0.6) is 0 Å². The maximum Gasteiger partial charge on any atom is 0.196 e. The monoisotopic (exact) mass is 270 g/mol. The second kappa shape index (κ2) is 6.10. The molecule has 0 saturated carbocycles. The molecule has 1 aromatic heterocycles. The van der Waals surface area contributed by atoms with Crippen molar-refractivity contribution in [2.24, 2.45) is 0 Å². The van der Waals surface area contributed by atoms with Gasteiger partial charge < -0.3 is 4.90 Å². The third kappa shape index (κ3) is 3.29. The fourth-order valence-electron chi connectivity index (χ4n) is 1.80. The number of ketones is 1. The molecule has 0 amide bonds. The molecule has 0 N–H and O–H groups in total. The number of pyridine rings is 1. The highest BCUT2D eigenvalue weighted by Crippen LogP contribution is 2.20. The van der Waals surface area contributed by atoms with Gasteiger partial charge in [0.25, 0.3) is 0 Å². The van der Waals surface area contributed by atoms with Gasteiger partial charge in [-0.2, -0.15) is 0 Å². The second-order valence-electron chi connectivity index (χ2n) is 4.58. The van der Waals surface area contributed by atoms with Crippen molar-refractivity contribution in [2.45, 2.75) is 0 Å². The van der Waals surface area contributed by atoms with Crippen LogP contribution in [-0.2, 0) is 0 Å². The Bertz CT molecular complexity index is 619. The van der Waals surface area contributed by atoms with E-state index in [4.69, 9.17) is 0 Å². The molecular formula is C16H15FN2O. The first-order valence-electron chi connectivity index (χ1n) is 6.17. The summed E-state index contributed by atoms with van der Waals surface area (Å²) in [6.45, 7) is 0. The molecule has 0 aliphatic carbocycles. The van der Waals surface area contributed by atoms with Gasteiger partial charge in [0.1, 0.15) is 5.82 Å². The minimum atomic E-state index is -0.327. The van der Waals surface area contributed by atoms with Crippen LogP contribution in [0.3, 0.4) is 0 Å². The number of rotatable bonds is 4. The van der Waals surface area contributed by atoms with Gasteiger partial charge in [-0.3, -0.25) is 9.78 Å². The minimum Gasteiger partial charge on any atom is -0.383 e. The van der Waals surface area contributed by atoms with Crippen molar-refractivity contribution in [2.75, 3.05) is 14.1 Å². The van der Waals surface area contributed by atoms with E-state index in [2.05, 4.69) is 4.98 Å². The van der Waals surface area contributed by atoms with Gasteiger partial charge in [0.15, 0.2) is 5.78 Å². The van der Waals surface area contributed by atoms with Gasteiger partial charge in [-0.1, -0.05) is 12.1 Å². The summed E-state index contributed by atoms with van der Waals surface area (Å²) in [4.78, 5) is 18.3. The van der Waals surface area contributed by atoms with E-state index in [0.29, 0.717) is 16.7 Å². The number of allylic oxidation sites excluding steroid dienone is 1. The summed E-state index contributed by atoms with van der Waals surface area (Å²) in [7, 11) is 3.67. The second-order valence-corrected chi connectivity index (χ2v) is 4.58. The first-order valence-corrected chi connectivity index (χ1v) is 6.17. The molecule has 0 unspecified atom stereocenters. The molecule has 2 aromatic rings. The molecule has 0 radical (unpaired) electrons. The van der Waals surface area contributed by atoms with E-state index in [-0.39, 0.29) is 11.6 Å². The quantitative estimate of drug-likeness (QED) is 0.632. The summed E-state index contributed by atoms with van der Waals surface area (Å²) in [6.07, 6.45) is 4.86. The summed E-state index contributed by atoms with van der Waals surface area (Å²) in [5.41, 5.74) is 1.68. The molecule has 3 nitrogen and oxygen atoms in total. The normalized spacial score (nSPS) is 11.2. The molecule has 0 bridgehead atoms. The van der Waals surface area contributed by atoms with Crippen molar-refractivity contribution in [1.82, 2.24) is 9.88 Å². The van der Waals surface area contributed by atoms with E-state index in [1.54, 1.807) is 41.6 Å². The van der Waals surface area contributed by atoms with Crippen molar-refractivity contribution in [3.8, 4) is 0 Å². The number of halogens is 1. The Labute approximate surface area is 117 Å². The molecule has 20 heavy (non-hydrogen) atoms. The Balaban J connectivity index is 2.44. The molecule has 4 heteroatoms. The number of benzene rings is 1. The number of Topliss-reactive ketones (excluding diaryl/α,β-unsaturated/α-hetero) is 1. The summed E-state index contributed by atoms with van der Waals surface area (Å²) in [5.74, 6) is -0.467. The van der Waals surface area contributed by atoms with Crippen LogP contribution in [0.4, 0.5) is 4.39 Å². The maximum absolute atomic E-state index is 13.0. The fraction of sp³-hybridized carbons (Fsp3) is 0.125. The maximum atomic E-state index is 13.0. The number of nitrogens with zero attached hydrogens (tertiary/aromatic N) is 2. The van der Waals surface area contributed by atoms with Crippen molar-refractivity contribution in [1.29, 1.82) is 0 Å². The number of aromatic nitrogens is 1. The molecular weight excluding hydrogens is 255 g/mol. The minimum absolute atomic E-state index is 0.140. The predicted octanol–water partition coefficient (Wildman–Crippen LogP) is 3.01. The van der Waals surface area contributed by atoms with Crippen molar-refractivity contribution in [3.63, 3.8) is 0 Å². The first-order chi connectivity index (χ1) is 9.58. The van der Waals surface area contributed by atoms with E-state index in [1.165, 1.54) is 18.3 Å². The van der Waals surface area contributed by atoms with Gasteiger partial charge in [-0.05, 0) is 29.8 Å². The zero-order chi connectivity index (χ0) is 14.5. The fourth-order valence-corrected chi connectivity index (χ4v) is 1.80. The zero-order valence-corrected chi connectivity index (χ0v) is 11.4. The van der Waals surface area contributed by atoms with Crippen LogP contribution >= 0.6 is 0 Å². The van der Waals surface area contributed by atoms with Gasteiger partial charge in [-0.25, -0.2) is 4.39 Å². The van der Waals surface area contributed by atoms with Crippen LogP contribution in [0.1, 0.15) is 15.9 Å². The Morgan fingerprint density at radius 3 is 2.40 bits per heavy atom. The lowest BCUT2D eigenvalue weighted by Gasteiger charge is -2.11. The number of carbonyl (C=O) groups is 1. The van der Waals surface area contributed by atoms with Crippen molar-refractivity contribution < 1.29 is 9.18 Å². The SMILES string of the molecule is CN(C)/C=C(\C(=O)c1cccnc1)c1ccc(F)cc1. The Kier molecular flexibility index (Phi) is 4.25. The zero-order valence-electron chi connectivity index (χ0n) is 11.4. The summed E-state index contributed by atoms with van der Waals surface area (Å²) in [5, 5.41) is 0. The van der Waals surface area contributed by atoms with Crippen LogP contribution in [0.25, 0.3) is 5.57 Å². The van der Waals surface area contributed by atoms with E-state index >= 15 is 0 Å². The third-order valence-corrected chi connectivity index (χ3v) is 2.71. The molecule has 0 atom stereocenters. The highest BCUT2D eigenvalue weighted by molar-refractivity contribution is 6.28. The highest BCUT2D eigenvalue weighted by atomic mass is 19.1. The average Bonchev–Trinajstić information content (AvgIpc) is 2.46. The lowest BCUT2D eigenvalue weighted by molar-refractivity contribution is 0.105. The predicted molar refractivity (Wildman–Crippen MR) is 76.6 cm³/mol. The largest absolute Gasteiger partial charge is 0.383 e. The average molecular weight is 270 g/mol. The topological polar surface area (TPSA) is 33.2 Å². The molecule has 0 spiro atoms. The van der Waals surface area contributed by atoms with E-state index in [1.807, 2.05) is 14.1 Å². The van der Waals surface area contributed by atoms with E-state index in [9.17, 15) is 9.18 Å².